The SMILES string of the molecule is COc1ccc2c(c1)c(CC(=O)Nc1ccncc1)c(C)n2C(=O)c1ccc(Cl)cc1. The molecule has 2 heterocycles. The van der Waals surface area contributed by atoms with Crippen molar-refractivity contribution in [3.63, 3.8) is 0 Å². The van der Waals surface area contributed by atoms with E-state index in [-0.39, 0.29) is 18.2 Å². The fraction of sp³-hybridized carbons (Fsp3) is 0.125. The molecular formula is C24H20ClN3O3. The lowest BCUT2D eigenvalue weighted by Crippen LogP contribution is -2.16. The van der Waals surface area contributed by atoms with E-state index in [1.54, 1.807) is 66.5 Å². The zero-order chi connectivity index (χ0) is 22.0. The fourth-order valence-corrected chi connectivity index (χ4v) is 3.72. The standard InChI is InChI=1S/C24H20ClN3O3/c1-15-20(14-23(29)27-18-9-11-26-12-10-18)21-13-19(31-2)7-8-22(21)28(15)24(30)16-3-5-17(25)6-4-16/h3-13H,14H2,1-2H3,(H,26,27,29). The van der Waals surface area contributed by atoms with Crippen molar-refractivity contribution in [2.45, 2.75) is 13.3 Å². The number of ether oxygens (including phenoxy) is 1. The van der Waals surface area contributed by atoms with E-state index in [0.717, 1.165) is 10.9 Å². The first-order chi connectivity index (χ1) is 15.0. The highest BCUT2D eigenvalue weighted by Crippen LogP contribution is 2.31. The van der Waals surface area contributed by atoms with Crippen molar-refractivity contribution in [1.82, 2.24) is 9.55 Å². The van der Waals surface area contributed by atoms with Gasteiger partial charge in [0.1, 0.15) is 5.75 Å². The Morgan fingerprint density at radius 3 is 2.45 bits per heavy atom. The van der Waals surface area contributed by atoms with Crippen LogP contribution in [0.2, 0.25) is 5.02 Å². The summed E-state index contributed by atoms with van der Waals surface area (Å²) in [5.74, 6) is 0.277. The number of carbonyl (C=O) groups excluding carboxylic acids is 2. The van der Waals surface area contributed by atoms with Gasteiger partial charge in [-0.15, -0.1) is 0 Å². The van der Waals surface area contributed by atoms with Gasteiger partial charge in [-0.05, 0) is 67.1 Å². The van der Waals surface area contributed by atoms with Crippen molar-refractivity contribution in [3.05, 3.63) is 88.8 Å². The quantitative estimate of drug-likeness (QED) is 0.487. The van der Waals surface area contributed by atoms with Crippen molar-refractivity contribution < 1.29 is 14.3 Å². The molecule has 6 nitrogen and oxygen atoms in total. The molecule has 0 radical (unpaired) electrons. The van der Waals surface area contributed by atoms with Crippen molar-refractivity contribution in [1.29, 1.82) is 0 Å². The Morgan fingerprint density at radius 2 is 1.77 bits per heavy atom. The number of pyridine rings is 1. The number of benzene rings is 2. The minimum atomic E-state index is -0.190. The number of rotatable bonds is 5. The smallest absolute Gasteiger partial charge is 0.262 e. The molecule has 0 saturated heterocycles. The average Bonchev–Trinajstić information content (AvgIpc) is 3.05. The number of fused-ring (bicyclic) bond motifs is 1. The summed E-state index contributed by atoms with van der Waals surface area (Å²) < 4.78 is 7.00. The Kier molecular flexibility index (Phi) is 5.73. The lowest BCUT2D eigenvalue weighted by Gasteiger charge is -2.08. The first-order valence-electron chi connectivity index (χ1n) is 9.66. The summed E-state index contributed by atoms with van der Waals surface area (Å²) in [6.45, 7) is 1.84. The Labute approximate surface area is 184 Å². The van der Waals surface area contributed by atoms with Crippen molar-refractivity contribution in [2.24, 2.45) is 0 Å². The van der Waals surface area contributed by atoms with Crippen LogP contribution in [0, 0.1) is 6.92 Å². The highest BCUT2D eigenvalue weighted by atomic mass is 35.5. The molecule has 0 spiro atoms. The number of aromatic nitrogens is 2. The van der Waals surface area contributed by atoms with Crippen LogP contribution < -0.4 is 10.1 Å². The van der Waals surface area contributed by atoms with Gasteiger partial charge in [0.2, 0.25) is 5.91 Å². The average molecular weight is 434 g/mol. The maximum absolute atomic E-state index is 13.3. The van der Waals surface area contributed by atoms with Gasteiger partial charge in [-0.25, -0.2) is 0 Å². The van der Waals surface area contributed by atoms with Crippen LogP contribution >= 0.6 is 11.6 Å². The highest BCUT2D eigenvalue weighted by molar-refractivity contribution is 6.30. The molecule has 0 aliphatic rings. The van der Waals surface area contributed by atoms with Gasteiger partial charge in [-0.2, -0.15) is 0 Å². The lowest BCUT2D eigenvalue weighted by molar-refractivity contribution is -0.115. The van der Waals surface area contributed by atoms with E-state index in [1.165, 1.54) is 0 Å². The van der Waals surface area contributed by atoms with Crippen LogP contribution in [0.4, 0.5) is 5.69 Å². The highest BCUT2D eigenvalue weighted by Gasteiger charge is 2.22. The maximum Gasteiger partial charge on any atom is 0.262 e. The summed E-state index contributed by atoms with van der Waals surface area (Å²) in [6, 6.07) is 15.7. The molecule has 0 unspecified atom stereocenters. The second-order valence-corrected chi connectivity index (χ2v) is 7.49. The van der Waals surface area contributed by atoms with Crippen LogP contribution in [-0.4, -0.2) is 28.5 Å². The molecule has 0 atom stereocenters. The summed E-state index contributed by atoms with van der Waals surface area (Å²) in [4.78, 5) is 30.0. The zero-order valence-corrected chi connectivity index (χ0v) is 17.8. The number of hydrogen-bond acceptors (Lipinski definition) is 4. The molecule has 7 heteroatoms. The summed E-state index contributed by atoms with van der Waals surface area (Å²) in [5.41, 5.74) is 3.35. The number of halogens is 1. The fourth-order valence-electron chi connectivity index (χ4n) is 3.60. The summed E-state index contributed by atoms with van der Waals surface area (Å²) >= 11 is 5.97. The molecule has 1 amide bonds. The molecule has 4 aromatic rings. The molecule has 31 heavy (non-hydrogen) atoms. The third-order valence-corrected chi connectivity index (χ3v) is 5.39. The number of hydrogen-bond donors (Lipinski definition) is 1. The number of carbonyl (C=O) groups is 2. The predicted octanol–water partition coefficient (Wildman–Crippen LogP) is 4.88. The number of methoxy groups -OCH3 is 1. The van der Waals surface area contributed by atoms with Gasteiger partial charge in [0, 0.05) is 39.7 Å². The van der Waals surface area contributed by atoms with E-state index in [1.807, 2.05) is 19.1 Å². The van der Waals surface area contributed by atoms with Crippen LogP contribution in [-0.2, 0) is 11.2 Å². The van der Waals surface area contributed by atoms with Gasteiger partial charge in [0.05, 0.1) is 19.0 Å². The normalized spacial score (nSPS) is 10.8. The Morgan fingerprint density at radius 1 is 1.06 bits per heavy atom. The zero-order valence-electron chi connectivity index (χ0n) is 17.1. The van der Waals surface area contributed by atoms with Gasteiger partial charge in [-0.1, -0.05) is 11.6 Å². The molecule has 0 fully saturated rings. The molecule has 1 N–H and O–H groups in total. The van der Waals surface area contributed by atoms with E-state index >= 15 is 0 Å². The molecule has 156 valence electrons. The number of nitrogens with one attached hydrogen (secondary N) is 1. The van der Waals surface area contributed by atoms with Crippen molar-refractivity contribution in [2.75, 3.05) is 12.4 Å². The molecule has 0 aliphatic carbocycles. The third-order valence-electron chi connectivity index (χ3n) is 5.14. The predicted molar refractivity (Wildman–Crippen MR) is 121 cm³/mol. The lowest BCUT2D eigenvalue weighted by atomic mass is 10.1. The summed E-state index contributed by atoms with van der Waals surface area (Å²) in [5, 5.41) is 4.22. The van der Waals surface area contributed by atoms with Gasteiger partial charge >= 0.3 is 0 Å². The topological polar surface area (TPSA) is 73.2 Å². The molecule has 0 saturated carbocycles. The largest absolute Gasteiger partial charge is 0.497 e. The molecule has 4 rings (SSSR count). The monoisotopic (exact) mass is 433 g/mol. The number of anilines is 1. The number of nitrogens with zero attached hydrogens (tertiary/aromatic N) is 2. The third kappa shape index (κ3) is 4.15. The Balaban J connectivity index is 1.77. The van der Waals surface area contributed by atoms with E-state index in [9.17, 15) is 9.59 Å². The molecule has 0 aliphatic heterocycles. The van der Waals surface area contributed by atoms with Crippen LogP contribution in [0.15, 0.2) is 67.0 Å². The van der Waals surface area contributed by atoms with Crippen molar-refractivity contribution >= 4 is 40.0 Å². The van der Waals surface area contributed by atoms with Crippen molar-refractivity contribution in [3.8, 4) is 5.75 Å². The molecule has 0 bridgehead atoms. The van der Waals surface area contributed by atoms with E-state index in [4.69, 9.17) is 16.3 Å². The van der Waals surface area contributed by atoms with Crippen LogP contribution in [0.5, 0.6) is 5.75 Å². The summed E-state index contributed by atoms with van der Waals surface area (Å²) in [7, 11) is 1.58. The van der Waals surface area contributed by atoms with Crippen LogP contribution in [0.1, 0.15) is 21.6 Å². The first kappa shape index (κ1) is 20.6. The maximum atomic E-state index is 13.3. The van der Waals surface area contributed by atoms with Crippen LogP contribution in [0.25, 0.3) is 10.9 Å². The Bertz CT molecular complexity index is 1260. The number of amides is 1. The minimum absolute atomic E-state index is 0.110. The Hall–Kier alpha value is -3.64. The van der Waals surface area contributed by atoms with E-state index < -0.39 is 0 Å². The van der Waals surface area contributed by atoms with Gasteiger partial charge in [-0.3, -0.25) is 19.1 Å². The van der Waals surface area contributed by atoms with Gasteiger partial charge in [0.25, 0.3) is 5.91 Å². The van der Waals surface area contributed by atoms with Crippen LogP contribution in [0.3, 0.4) is 0 Å². The molecular weight excluding hydrogens is 414 g/mol. The second kappa shape index (κ2) is 8.62. The molecule has 2 aromatic carbocycles. The van der Waals surface area contributed by atoms with Gasteiger partial charge in [0.15, 0.2) is 0 Å². The minimum Gasteiger partial charge on any atom is -0.497 e. The second-order valence-electron chi connectivity index (χ2n) is 7.06. The van der Waals surface area contributed by atoms with Gasteiger partial charge < -0.3 is 10.1 Å². The van der Waals surface area contributed by atoms with E-state index in [0.29, 0.717) is 33.2 Å². The van der Waals surface area contributed by atoms with E-state index in [2.05, 4.69) is 10.3 Å². The summed E-state index contributed by atoms with van der Waals surface area (Å²) in [6.07, 6.45) is 3.34. The molecule has 2 aromatic heterocycles. The first-order valence-corrected chi connectivity index (χ1v) is 10.0.